The van der Waals surface area contributed by atoms with Crippen molar-refractivity contribution in [3.05, 3.63) is 23.8 Å². The van der Waals surface area contributed by atoms with E-state index < -0.39 is 10.8 Å². The van der Waals surface area contributed by atoms with Gasteiger partial charge in [-0.15, -0.1) is 0 Å². The third-order valence-electron chi connectivity index (χ3n) is 4.49. The topological polar surface area (TPSA) is 84.5 Å². The number of carbonyl (C=O) groups is 2. The fourth-order valence-electron chi connectivity index (χ4n) is 3.24. The normalized spacial score (nSPS) is 24.3. The fourth-order valence-corrected chi connectivity index (χ4v) is 4.58. The summed E-state index contributed by atoms with van der Waals surface area (Å²) in [5.41, 5.74) is 1.09. The van der Waals surface area contributed by atoms with E-state index in [9.17, 15) is 13.8 Å². The minimum absolute atomic E-state index is 0.0365. The highest BCUT2D eigenvalue weighted by Gasteiger charge is 2.27. The van der Waals surface area contributed by atoms with Crippen LogP contribution in [0.2, 0.25) is 0 Å². The zero-order chi connectivity index (χ0) is 17.1. The zero-order valence-corrected chi connectivity index (χ0v) is 14.5. The maximum absolute atomic E-state index is 12.5. The fraction of sp³-hybridized carbons (Fsp3) is 0.529. The van der Waals surface area contributed by atoms with E-state index in [1.807, 2.05) is 6.92 Å². The van der Waals surface area contributed by atoms with Gasteiger partial charge in [-0.1, -0.05) is 13.3 Å². The third-order valence-corrected chi connectivity index (χ3v) is 6.24. The molecule has 0 aromatic heterocycles. The van der Waals surface area contributed by atoms with Crippen molar-refractivity contribution in [2.75, 3.05) is 17.7 Å². The molecule has 7 heteroatoms. The van der Waals surface area contributed by atoms with E-state index in [1.165, 1.54) is 0 Å². The molecule has 0 saturated heterocycles. The summed E-state index contributed by atoms with van der Waals surface area (Å²) in [6.45, 7) is 1.90. The van der Waals surface area contributed by atoms with Crippen LogP contribution in [0.15, 0.2) is 18.2 Å². The average molecular weight is 350 g/mol. The van der Waals surface area contributed by atoms with E-state index in [0.717, 1.165) is 25.7 Å². The minimum atomic E-state index is -0.810. The highest BCUT2D eigenvalue weighted by molar-refractivity contribution is 7.85. The van der Waals surface area contributed by atoms with Crippen LogP contribution in [0.4, 0.5) is 5.69 Å². The van der Waals surface area contributed by atoms with Crippen molar-refractivity contribution >= 4 is 28.3 Å². The smallest absolute Gasteiger partial charge is 0.262 e. The van der Waals surface area contributed by atoms with Crippen molar-refractivity contribution in [1.29, 1.82) is 0 Å². The Kier molecular flexibility index (Phi) is 5.18. The van der Waals surface area contributed by atoms with Crippen LogP contribution >= 0.6 is 0 Å². The Labute approximate surface area is 143 Å². The first-order chi connectivity index (χ1) is 11.6. The predicted molar refractivity (Wildman–Crippen MR) is 92.8 cm³/mol. The molecule has 1 aromatic rings. The van der Waals surface area contributed by atoms with Crippen LogP contribution in [0.25, 0.3) is 0 Å². The summed E-state index contributed by atoms with van der Waals surface area (Å²) in [6.07, 6.45) is 3.64. The molecule has 6 nitrogen and oxygen atoms in total. The maximum atomic E-state index is 12.5. The van der Waals surface area contributed by atoms with Crippen LogP contribution in [0.5, 0.6) is 5.75 Å². The standard InChI is InChI=1S/C17H22N2O4S/c1-2-24(22)13-5-3-4-12(9-13)18-17(21)11-6-7-14-15(8-11)23-10-16(20)19-14/h6-8,12-13H,2-5,9-10H2,1H3,(H,18,21)(H,19,20). The molecular weight excluding hydrogens is 328 g/mol. The van der Waals surface area contributed by atoms with Crippen LogP contribution in [0.1, 0.15) is 43.0 Å². The lowest BCUT2D eigenvalue weighted by molar-refractivity contribution is -0.118. The number of nitrogens with one attached hydrogen (secondary N) is 2. The first kappa shape index (κ1) is 17.0. The molecule has 2 amide bonds. The van der Waals surface area contributed by atoms with Gasteiger partial charge < -0.3 is 15.4 Å². The Morgan fingerprint density at radius 1 is 1.42 bits per heavy atom. The maximum Gasteiger partial charge on any atom is 0.262 e. The van der Waals surface area contributed by atoms with Gasteiger partial charge in [-0.3, -0.25) is 13.8 Å². The monoisotopic (exact) mass is 350 g/mol. The van der Waals surface area contributed by atoms with Crippen LogP contribution in [0, 0.1) is 0 Å². The number of carbonyl (C=O) groups excluding carboxylic acids is 2. The van der Waals surface area contributed by atoms with Gasteiger partial charge in [0.25, 0.3) is 11.8 Å². The molecule has 1 heterocycles. The first-order valence-electron chi connectivity index (χ1n) is 8.31. The van der Waals surface area contributed by atoms with Crippen molar-refractivity contribution in [2.45, 2.75) is 43.9 Å². The van der Waals surface area contributed by atoms with Gasteiger partial charge in [0.15, 0.2) is 6.61 Å². The quantitative estimate of drug-likeness (QED) is 0.868. The summed E-state index contributed by atoms with van der Waals surface area (Å²) in [5, 5.41) is 5.92. The predicted octanol–water partition coefficient (Wildman–Crippen LogP) is 1.83. The lowest BCUT2D eigenvalue weighted by atomic mass is 9.94. The molecule has 2 N–H and O–H groups in total. The van der Waals surface area contributed by atoms with Crippen molar-refractivity contribution in [2.24, 2.45) is 0 Å². The average Bonchev–Trinajstić information content (AvgIpc) is 2.60. The Hall–Kier alpha value is -1.89. The Balaban J connectivity index is 1.64. The number of benzene rings is 1. The highest BCUT2D eigenvalue weighted by Crippen LogP contribution is 2.29. The van der Waals surface area contributed by atoms with Gasteiger partial charge >= 0.3 is 0 Å². The van der Waals surface area contributed by atoms with Crippen LogP contribution < -0.4 is 15.4 Å². The van der Waals surface area contributed by atoms with Crippen LogP contribution in [-0.4, -0.2) is 39.7 Å². The number of ether oxygens (including phenoxy) is 1. The van der Waals surface area contributed by atoms with E-state index in [4.69, 9.17) is 4.74 Å². The van der Waals surface area contributed by atoms with Gasteiger partial charge in [0, 0.05) is 33.4 Å². The van der Waals surface area contributed by atoms with E-state index >= 15 is 0 Å². The second kappa shape index (κ2) is 7.34. The summed E-state index contributed by atoms with van der Waals surface area (Å²) >= 11 is 0. The third kappa shape index (κ3) is 3.77. The van der Waals surface area contributed by atoms with E-state index in [2.05, 4.69) is 10.6 Å². The van der Waals surface area contributed by atoms with Crippen molar-refractivity contribution < 1.29 is 18.5 Å². The number of hydrogen-bond donors (Lipinski definition) is 2. The van der Waals surface area contributed by atoms with E-state index in [-0.39, 0.29) is 29.7 Å². The number of hydrogen-bond acceptors (Lipinski definition) is 4. The molecule has 2 aliphatic rings. The molecule has 24 heavy (non-hydrogen) atoms. The van der Waals surface area contributed by atoms with Crippen molar-refractivity contribution in [3.8, 4) is 5.75 Å². The molecule has 3 atom stereocenters. The minimum Gasteiger partial charge on any atom is -0.482 e. The first-order valence-corrected chi connectivity index (χ1v) is 9.69. The summed E-state index contributed by atoms with van der Waals surface area (Å²) < 4.78 is 17.3. The van der Waals surface area contributed by atoms with Gasteiger partial charge in [0.1, 0.15) is 5.75 Å². The van der Waals surface area contributed by atoms with Gasteiger partial charge in [-0.25, -0.2) is 0 Å². The van der Waals surface area contributed by atoms with Crippen LogP contribution in [-0.2, 0) is 15.6 Å². The van der Waals surface area contributed by atoms with Gasteiger partial charge in [0.2, 0.25) is 0 Å². The van der Waals surface area contributed by atoms with E-state index in [1.54, 1.807) is 18.2 Å². The number of amides is 2. The summed E-state index contributed by atoms with van der Waals surface area (Å²) in [7, 11) is -0.810. The second-order valence-corrected chi connectivity index (χ2v) is 8.18. The zero-order valence-electron chi connectivity index (χ0n) is 13.7. The Bertz CT molecular complexity index is 677. The molecule has 130 valence electrons. The Morgan fingerprint density at radius 2 is 2.25 bits per heavy atom. The second-order valence-electron chi connectivity index (χ2n) is 6.18. The summed E-state index contributed by atoms with van der Waals surface area (Å²) in [4.78, 5) is 23.8. The molecule has 1 saturated carbocycles. The van der Waals surface area contributed by atoms with Gasteiger partial charge in [-0.2, -0.15) is 0 Å². The van der Waals surface area contributed by atoms with E-state index in [0.29, 0.717) is 22.8 Å². The molecule has 0 radical (unpaired) electrons. The van der Waals surface area contributed by atoms with Crippen molar-refractivity contribution in [1.82, 2.24) is 5.32 Å². The van der Waals surface area contributed by atoms with Gasteiger partial charge in [-0.05, 0) is 37.5 Å². The van der Waals surface area contributed by atoms with Crippen molar-refractivity contribution in [3.63, 3.8) is 0 Å². The molecule has 0 bridgehead atoms. The van der Waals surface area contributed by atoms with Crippen LogP contribution in [0.3, 0.4) is 0 Å². The molecular formula is C17H22N2O4S. The molecule has 3 unspecified atom stereocenters. The Morgan fingerprint density at radius 3 is 3.04 bits per heavy atom. The lowest BCUT2D eigenvalue weighted by Gasteiger charge is -2.29. The SMILES string of the molecule is CCS(=O)C1CCCC(NC(=O)c2ccc3c(c2)OCC(=O)N3)C1. The number of rotatable bonds is 4. The molecule has 3 rings (SSSR count). The summed E-state index contributed by atoms with van der Waals surface area (Å²) in [5.74, 6) is 0.818. The molecule has 1 fully saturated rings. The lowest BCUT2D eigenvalue weighted by Crippen LogP contribution is -2.41. The molecule has 0 spiro atoms. The van der Waals surface area contributed by atoms with Gasteiger partial charge in [0.05, 0.1) is 5.69 Å². The summed E-state index contributed by atoms with van der Waals surface area (Å²) in [6, 6.07) is 5.06. The molecule has 1 aromatic carbocycles. The largest absolute Gasteiger partial charge is 0.482 e. The molecule has 1 aliphatic heterocycles. The number of anilines is 1. The molecule has 1 aliphatic carbocycles. The highest BCUT2D eigenvalue weighted by atomic mass is 32.2. The number of fused-ring (bicyclic) bond motifs is 1.